The van der Waals surface area contributed by atoms with E-state index in [0.717, 1.165) is 12.1 Å². The van der Waals surface area contributed by atoms with E-state index in [1.807, 2.05) is 6.20 Å². The van der Waals surface area contributed by atoms with Gasteiger partial charge in [0.05, 0.1) is 5.69 Å². The molecule has 1 aromatic heterocycles. The summed E-state index contributed by atoms with van der Waals surface area (Å²) in [4.78, 5) is 4.57. The molecule has 0 fully saturated rings. The zero-order valence-electron chi connectivity index (χ0n) is 13.2. The third-order valence-electron chi connectivity index (χ3n) is 3.62. The molecule has 2 aromatic rings. The highest BCUT2D eigenvalue weighted by atomic mass is 14.7. The summed E-state index contributed by atoms with van der Waals surface area (Å²) in [7, 11) is 0. The van der Waals surface area contributed by atoms with Crippen LogP contribution in [0.3, 0.4) is 0 Å². The van der Waals surface area contributed by atoms with Crippen molar-refractivity contribution < 1.29 is 0 Å². The summed E-state index contributed by atoms with van der Waals surface area (Å²) in [6.45, 7) is 4.42. The fraction of sp³-hybridized carbons (Fsp3) is 0.350. The number of hydrogen-bond acceptors (Lipinski definition) is 1. The molecular formula is C20H25N. The van der Waals surface area contributed by atoms with E-state index < -0.39 is 0 Å². The third-order valence-corrected chi connectivity index (χ3v) is 3.62. The number of aromatic nitrogens is 1. The summed E-state index contributed by atoms with van der Waals surface area (Å²) in [6, 6.07) is 13.1. The lowest BCUT2D eigenvalue weighted by molar-refractivity contribution is 0.795. The molecule has 2 rings (SSSR count). The van der Waals surface area contributed by atoms with Crippen LogP contribution in [0.4, 0.5) is 0 Å². The number of benzene rings is 1. The van der Waals surface area contributed by atoms with Gasteiger partial charge in [0.2, 0.25) is 0 Å². The number of nitrogens with zero attached hydrogens (tertiary/aromatic N) is 1. The van der Waals surface area contributed by atoms with E-state index in [-0.39, 0.29) is 0 Å². The molecule has 0 aliphatic carbocycles. The molecule has 0 aliphatic heterocycles. The van der Waals surface area contributed by atoms with Crippen LogP contribution in [0.2, 0.25) is 0 Å². The minimum Gasteiger partial charge on any atom is -0.256 e. The van der Waals surface area contributed by atoms with E-state index in [2.05, 4.69) is 67.4 Å². The van der Waals surface area contributed by atoms with Crippen molar-refractivity contribution in [3.63, 3.8) is 0 Å². The molecule has 1 aromatic carbocycles. The lowest BCUT2D eigenvalue weighted by Crippen LogP contribution is -1.87. The van der Waals surface area contributed by atoms with Crippen LogP contribution in [0.15, 0.2) is 48.7 Å². The van der Waals surface area contributed by atoms with Gasteiger partial charge < -0.3 is 0 Å². The summed E-state index contributed by atoms with van der Waals surface area (Å²) >= 11 is 0. The smallest absolute Gasteiger partial charge is 0.0702 e. The van der Waals surface area contributed by atoms with Crippen LogP contribution in [0.5, 0.6) is 0 Å². The van der Waals surface area contributed by atoms with E-state index in [0.29, 0.717) is 0 Å². The molecule has 0 saturated carbocycles. The number of allylic oxidation sites excluding steroid dienone is 1. The first-order valence-electron chi connectivity index (χ1n) is 8.05. The molecule has 0 unspecified atom stereocenters. The monoisotopic (exact) mass is 279 g/mol. The van der Waals surface area contributed by atoms with Crippen molar-refractivity contribution in [2.75, 3.05) is 0 Å². The predicted molar refractivity (Wildman–Crippen MR) is 92.2 cm³/mol. The first-order chi connectivity index (χ1) is 10.3. The summed E-state index contributed by atoms with van der Waals surface area (Å²) in [5.41, 5.74) is 4.83. The minimum atomic E-state index is 1.05. The van der Waals surface area contributed by atoms with Crippen LogP contribution in [-0.4, -0.2) is 4.98 Å². The Kier molecular flexibility index (Phi) is 6.21. The Labute approximate surface area is 128 Å². The highest BCUT2D eigenvalue weighted by Gasteiger charge is 1.99. The van der Waals surface area contributed by atoms with Crippen LogP contribution >= 0.6 is 0 Å². The molecule has 1 heterocycles. The van der Waals surface area contributed by atoms with E-state index in [1.165, 1.54) is 42.4 Å². The fourth-order valence-corrected chi connectivity index (χ4v) is 2.28. The van der Waals surface area contributed by atoms with Crippen LogP contribution in [0, 0.1) is 0 Å². The molecule has 0 radical (unpaired) electrons. The first-order valence-corrected chi connectivity index (χ1v) is 8.05. The molecule has 1 nitrogen and oxygen atoms in total. The van der Waals surface area contributed by atoms with Crippen LogP contribution in [0.25, 0.3) is 17.3 Å². The maximum Gasteiger partial charge on any atom is 0.0702 e. The average molecular weight is 279 g/mol. The third kappa shape index (κ3) is 4.86. The van der Waals surface area contributed by atoms with Crippen molar-refractivity contribution >= 4 is 6.08 Å². The maximum atomic E-state index is 4.57. The Hall–Kier alpha value is -1.89. The zero-order chi connectivity index (χ0) is 14.9. The summed E-state index contributed by atoms with van der Waals surface area (Å²) in [5.74, 6) is 0. The molecule has 21 heavy (non-hydrogen) atoms. The minimum absolute atomic E-state index is 1.05. The number of hydrogen-bond donors (Lipinski definition) is 0. The largest absolute Gasteiger partial charge is 0.256 e. The Balaban J connectivity index is 2.04. The molecule has 0 bridgehead atoms. The van der Waals surface area contributed by atoms with Gasteiger partial charge in [0.15, 0.2) is 0 Å². The predicted octanol–water partition coefficient (Wildman–Crippen LogP) is 5.90. The fourth-order valence-electron chi connectivity index (χ4n) is 2.28. The SMILES string of the molecule is CCCC=Cc1ccc(-c2ccc(CCCC)cc2)nc1. The van der Waals surface area contributed by atoms with Crippen molar-refractivity contribution in [3.05, 3.63) is 59.8 Å². The quantitative estimate of drug-likeness (QED) is 0.614. The molecule has 110 valence electrons. The molecule has 0 atom stereocenters. The van der Waals surface area contributed by atoms with Gasteiger partial charge in [-0.05, 0) is 36.5 Å². The lowest BCUT2D eigenvalue weighted by atomic mass is 10.0. The summed E-state index contributed by atoms with van der Waals surface area (Å²) in [6.07, 6.45) is 12.3. The first kappa shape index (κ1) is 15.5. The Morgan fingerprint density at radius 2 is 1.76 bits per heavy atom. The topological polar surface area (TPSA) is 12.9 Å². The van der Waals surface area contributed by atoms with E-state index >= 15 is 0 Å². The van der Waals surface area contributed by atoms with Crippen molar-refractivity contribution in [2.24, 2.45) is 0 Å². The van der Waals surface area contributed by atoms with Crippen molar-refractivity contribution in [2.45, 2.75) is 46.0 Å². The van der Waals surface area contributed by atoms with Crippen molar-refractivity contribution in [1.82, 2.24) is 4.98 Å². The van der Waals surface area contributed by atoms with Gasteiger partial charge in [-0.2, -0.15) is 0 Å². The Morgan fingerprint density at radius 1 is 0.952 bits per heavy atom. The second kappa shape index (κ2) is 8.41. The second-order valence-corrected chi connectivity index (χ2v) is 5.47. The van der Waals surface area contributed by atoms with Gasteiger partial charge >= 0.3 is 0 Å². The normalized spacial score (nSPS) is 11.1. The van der Waals surface area contributed by atoms with Crippen LogP contribution in [-0.2, 0) is 6.42 Å². The van der Waals surface area contributed by atoms with Gasteiger partial charge in [-0.25, -0.2) is 0 Å². The van der Waals surface area contributed by atoms with Gasteiger partial charge in [-0.1, -0.05) is 69.2 Å². The van der Waals surface area contributed by atoms with Gasteiger partial charge in [0.1, 0.15) is 0 Å². The molecule has 0 N–H and O–H groups in total. The molecular weight excluding hydrogens is 254 g/mol. The lowest BCUT2D eigenvalue weighted by Gasteiger charge is -2.04. The average Bonchev–Trinajstić information content (AvgIpc) is 2.54. The number of pyridine rings is 1. The second-order valence-electron chi connectivity index (χ2n) is 5.47. The van der Waals surface area contributed by atoms with Gasteiger partial charge in [0.25, 0.3) is 0 Å². The maximum absolute atomic E-state index is 4.57. The highest BCUT2D eigenvalue weighted by molar-refractivity contribution is 5.61. The Bertz CT molecular complexity index is 549. The van der Waals surface area contributed by atoms with Gasteiger partial charge in [0, 0.05) is 11.8 Å². The van der Waals surface area contributed by atoms with Crippen LogP contribution < -0.4 is 0 Å². The molecule has 1 heteroatoms. The van der Waals surface area contributed by atoms with E-state index in [1.54, 1.807) is 0 Å². The van der Waals surface area contributed by atoms with Gasteiger partial charge in [-0.15, -0.1) is 0 Å². The summed E-state index contributed by atoms with van der Waals surface area (Å²) < 4.78 is 0. The Morgan fingerprint density at radius 3 is 2.38 bits per heavy atom. The van der Waals surface area contributed by atoms with Gasteiger partial charge in [-0.3, -0.25) is 4.98 Å². The molecule has 0 aliphatic rings. The summed E-state index contributed by atoms with van der Waals surface area (Å²) in [5, 5.41) is 0. The van der Waals surface area contributed by atoms with Crippen molar-refractivity contribution in [3.8, 4) is 11.3 Å². The van der Waals surface area contributed by atoms with E-state index in [4.69, 9.17) is 0 Å². The van der Waals surface area contributed by atoms with Crippen molar-refractivity contribution in [1.29, 1.82) is 0 Å². The number of rotatable bonds is 7. The number of aryl methyl sites for hydroxylation is 1. The molecule has 0 spiro atoms. The standard InChI is InChI=1S/C20H25N/c1-3-5-7-9-18-12-15-20(21-16-18)19-13-10-17(11-14-19)8-6-4-2/h7,9-16H,3-6,8H2,1-2H3. The van der Waals surface area contributed by atoms with Crippen LogP contribution in [0.1, 0.15) is 50.7 Å². The van der Waals surface area contributed by atoms with E-state index in [9.17, 15) is 0 Å². The molecule has 0 amide bonds. The number of unbranched alkanes of at least 4 members (excludes halogenated alkanes) is 2. The highest BCUT2D eigenvalue weighted by Crippen LogP contribution is 2.19. The molecule has 0 saturated heterocycles. The zero-order valence-corrected chi connectivity index (χ0v) is 13.2.